The molecule has 0 radical (unpaired) electrons. The summed E-state index contributed by atoms with van der Waals surface area (Å²) in [5, 5.41) is 11.1. The molecule has 3 aliphatic heterocycles. The van der Waals surface area contributed by atoms with Crippen LogP contribution in [0.5, 0.6) is 0 Å². The molecule has 0 atom stereocenters. The number of benzene rings is 1. The first-order chi connectivity index (χ1) is 10.1. The highest BCUT2D eigenvalue weighted by Gasteiger charge is 2.36. The molecule has 1 fully saturated rings. The normalized spacial score (nSPS) is 17.3. The third-order valence-corrected chi connectivity index (χ3v) is 4.93. The number of anilines is 1. The van der Waals surface area contributed by atoms with E-state index in [4.69, 9.17) is 23.2 Å². The zero-order valence-corrected chi connectivity index (χ0v) is 12.6. The second-order valence-corrected chi connectivity index (χ2v) is 6.41. The highest BCUT2D eigenvalue weighted by molar-refractivity contribution is 6.39. The van der Waals surface area contributed by atoms with E-state index in [1.165, 1.54) is 0 Å². The van der Waals surface area contributed by atoms with Gasteiger partial charge in [-0.2, -0.15) is 0 Å². The number of aromatic carboxylic acids is 1. The number of halogens is 2. The summed E-state index contributed by atoms with van der Waals surface area (Å²) in [6.45, 7) is 1.78. The molecule has 0 unspecified atom stereocenters. The number of hydrogen-bond acceptors (Lipinski definition) is 3. The van der Waals surface area contributed by atoms with Crippen molar-refractivity contribution in [1.29, 1.82) is 0 Å². The Morgan fingerprint density at radius 1 is 1.29 bits per heavy atom. The third-order valence-electron chi connectivity index (χ3n) is 4.42. The summed E-state index contributed by atoms with van der Waals surface area (Å²) in [7, 11) is 0. The highest BCUT2D eigenvalue weighted by atomic mass is 35.5. The molecule has 0 aliphatic carbocycles. The van der Waals surface area contributed by atoms with E-state index in [0.29, 0.717) is 26.9 Å². The fraction of sp³-hybridized carbons (Fsp3) is 0.333. The zero-order valence-electron chi connectivity index (χ0n) is 11.1. The van der Waals surface area contributed by atoms with Gasteiger partial charge >= 0.3 is 5.97 Å². The molecule has 0 saturated carbocycles. The number of carbonyl (C=O) groups is 1. The van der Waals surface area contributed by atoms with Crippen molar-refractivity contribution in [2.24, 2.45) is 0 Å². The van der Waals surface area contributed by atoms with Gasteiger partial charge in [0.25, 0.3) is 0 Å². The molecule has 1 N–H and O–H groups in total. The van der Waals surface area contributed by atoms with E-state index < -0.39 is 5.97 Å². The summed E-state index contributed by atoms with van der Waals surface area (Å²) >= 11 is 12.3. The number of carboxylic acids is 1. The lowest BCUT2D eigenvalue weighted by atomic mass is 9.84. The monoisotopic (exact) mass is 322 g/mol. The summed E-state index contributed by atoms with van der Waals surface area (Å²) in [4.78, 5) is 18.7. The third kappa shape index (κ3) is 1.82. The van der Waals surface area contributed by atoms with Crippen LogP contribution in [0.3, 0.4) is 0 Å². The van der Waals surface area contributed by atoms with Gasteiger partial charge in [0, 0.05) is 29.4 Å². The number of hydrogen-bond donors (Lipinski definition) is 1. The number of piperidine rings is 1. The fourth-order valence-corrected chi connectivity index (χ4v) is 4.03. The predicted molar refractivity (Wildman–Crippen MR) is 82.9 cm³/mol. The van der Waals surface area contributed by atoms with Crippen molar-refractivity contribution in [2.75, 3.05) is 18.0 Å². The molecule has 4 heterocycles. The van der Waals surface area contributed by atoms with E-state index in [2.05, 4.69) is 9.88 Å². The van der Waals surface area contributed by atoms with Crippen molar-refractivity contribution in [3.05, 3.63) is 33.4 Å². The molecule has 108 valence electrons. The smallest absolute Gasteiger partial charge is 0.338 e. The molecule has 3 aliphatic rings. The van der Waals surface area contributed by atoms with Crippen molar-refractivity contribution in [2.45, 2.75) is 18.8 Å². The minimum absolute atomic E-state index is 0.281. The van der Waals surface area contributed by atoms with Crippen LogP contribution in [-0.2, 0) is 0 Å². The van der Waals surface area contributed by atoms with E-state index in [1.807, 2.05) is 0 Å². The SMILES string of the molecule is O=C(O)c1c2c(nc3c(Cl)cc(Cl)cc13)C1CCN2CC1. The molecule has 1 aromatic carbocycles. The van der Waals surface area contributed by atoms with Crippen molar-refractivity contribution in [3.63, 3.8) is 0 Å². The molecule has 1 aromatic heterocycles. The highest BCUT2D eigenvalue weighted by Crippen LogP contribution is 2.46. The fourth-order valence-electron chi connectivity index (χ4n) is 3.50. The summed E-state index contributed by atoms with van der Waals surface area (Å²) in [5.74, 6) is -0.622. The van der Waals surface area contributed by atoms with Crippen LogP contribution in [0.25, 0.3) is 10.9 Å². The average molecular weight is 323 g/mol. The number of aromatic nitrogens is 1. The van der Waals surface area contributed by atoms with Gasteiger partial charge in [0.1, 0.15) is 0 Å². The average Bonchev–Trinajstić information content (AvgIpc) is 2.46. The van der Waals surface area contributed by atoms with Crippen molar-refractivity contribution in [1.82, 2.24) is 4.98 Å². The number of fused-ring (bicyclic) bond motifs is 3. The Morgan fingerprint density at radius 2 is 2.00 bits per heavy atom. The van der Waals surface area contributed by atoms with Gasteiger partial charge in [0.2, 0.25) is 0 Å². The van der Waals surface area contributed by atoms with Crippen LogP contribution in [0.15, 0.2) is 12.1 Å². The summed E-state index contributed by atoms with van der Waals surface area (Å²) in [5.41, 5.74) is 2.45. The van der Waals surface area contributed by atoms with Gasteiger partial charge in [0.05, 0.1) is 27.5 Å². The first-order valence-electron chi connectivity index (χ1n) is 6.87. The van der Waals surface area contributed by atoms with Crippen molar-refractivity contribution in [3.8, 4) is 0 Å². The van der Waals surface area contributed by atoms with Gasteiger partial charge < -0.3 is 10.0 Å². The van der Waals surface area contributed by atoms with Crippen LogP contribution in [0.4, 0.5) is 5.69 Å². The van der Waals surface area contributed by atoms with Crippen LogP contribution in [0.1, 0.15) is 34.8 Å². The minimum atomic E-state index is -0.954. The quantitative estimate of drug-likeness (QED) is 0.864. The van der Waals surface area contributed by atoms with Gasteiger partial charge in [-0.1, -0.05) is 23.2 Å². The van der Waals surface area contributed by atoms with E-state index in [0.717, 1.165) is 37.3 Å². The number of nitrogens with zero attached hydrogens (tertiary/aromatic N) is 2. The first kappa shape index (κ1) is 13.2. The molecule has 21 heavy (non-hydrogen) atoms. The Labute approximate surface area is 131 Å². The van der Waals surface area contributed by atoms with E-state index >= 15 is 0 Å². The molecular weight excluding hydrogens is 311 g/mol. The van der Waals surface area contributed by atoms with Crippen LogP contribution in [-0.4, -0.2) is 29.1 Å². The van der Waals surface area contributed by atoms with Gasteiger partial charge in [-0.05, 0) is 25.0 Å². The lowest BCUT2D eigenvalue weighted by Gasteiger charge is -2.42. The standard InChI is InChI=1S/C15H12Cl2N2O2/c16-8-5-9-11(15(20)21)14-12(18-13(9)10(17)6-8)7-1-3-19(14)4-2-7/h5-7H,1-4H2,(H,20,21). The molecule has 2 aromatic rings. The Morgan fingerprint density at radius 3 is 2.67 bits per heavy atom. The maximum atomic E-state index is 11.8. The minimum Gasteiger partial charge on any atom is -0.478 e. The number of carboxylic acid groups (broad SMARTS) is 1. The molecule has 2 bridgehead atoms. The molecular formula is C15H12Cl2N2O2. The van der Waals surface area contributed by atoms with Gasteiger partial charge in [-0.15, -0.1) is 0 Å². The molecule has 1 saturated heterocycles. The van der Waals surface area contributed by atoms with E-state index in [9.17, 15) is 9.90 Å². The van der Waals surface area contributed by atoms with Crippen LogP contribution >= 0.6 is 23.2 Å². The van der Waals surface area contributed by atoms with Crippen LogP contribution in [0, 0.1) is 0 Å². The lowest BCUT2D eigenvalue weighted by molar-refractivity contribution is 0.0699. The molecule has 4 nitrogen and oxygen atoms in total. The summed E-state index contributed by atoms with van der Waals surface area (Å²) in [6, 6.07) is 3.25. The Balaban J connectivity index is 2.17. The molecule has 0 spiro atoms. The largest absolute Gasteiger partial charge is 0.478 e. The number of rotatable bonds is 1. The molecule has 5 rings (SSSR count). The second-order valence-electron chi connectivity index (χ2n) is 5.57. The topological polar surface area (TPSA) is 53.4 Å². The first-order valence-corrected chi connectivity index (χ1v) is 7.62. The summed E-state index contributed by atoms with van der Waals surface area (Å²) < 4.78 is 0. The van der Waals surface area contributed by atoms with Crippen molar-refractivity contribution >= 4 is 45.8 Å². The Hall–Kier alpha value is -1.52. The zero-order chi connectivity index (χ0) is 14.7. The predicted octanol–water partition coefficient (Wildman–Crippen LogP) is 3.94. The molecule has 6 heteroatoms. The number of pyridine rings is 1. The second kappa shape index (κ2) is 4.49. The van der Waals surface area contributed by atoms with Crippen LogP contribution in [0.2, 0.25) is 10.0 Å². The van der Waals surface area contributed by atoms with Gasteiger partial charge in [-0.25, -0.2) is 9.78 Å². The van der Waals surface area contributed by atoms with Gasteiger partial charge in [-0.3, -0.25) is 0 Å². The van der Waals surface area contributed by atoms with Crippen molar-refractivity contribution < 1.29 is 9.90 Å². The van der Waals surface area contributed by atoms with Crippen LogP contribution < -0.4 is 4.90 Å². The maximum Gasteiger partial charge on any atom is 0.338 e. The Kier molecular flexibility index (Phi) is 2.81. The maximum absolute atomic E-state index is 11.8. The lowest BCUT2D eigenvalue weighted by Crippen LogP contribution is -2.40. The van der Waals surface area contributed by atoms with E-state index in [-0.39, 0.29) is 5.56 Å². The van der Waals surface area contributed by atoms with E-state index in [1.54, 1.807) is 12.1 Å². The Bertz CT molecular complexity index is 783. The van der Waals surface area contributed by atoms with Gasteiger partial charge in [0.15, 0.2) is 0 Å². The molecule has 0 amide bonds. The summed E-state index contributed by atoms with van der Waals surface area (Å²) in [6.07, 6.45) is 2.05.